The van der Waals surface area contributed by atoms with Crippen molar-refractivity contribution in [2.75, 3.05) is 13.1 Å². The van der Waals surface area contributed by atoms with Crippen LogP contribution in [-0.2, 0) is 13.1 Å². The van der Waals surface area contributed by atoms with Crippen LogP contribution in [0.3, 0.4) is 0 Å². The Morgan fingerprint density at radius 2 is 1.76 bits per heavy atom. The standard InChI is InChI=1S/C22H24ClN5O/c1-16-25-21(26-28(16)20-10-8-19(23)9-11-20)22(29)24-14-17-6-2-3-7-18(17)15-27-12-4-5-13-27/h2-3,6-11H,4-5,12-15H2,1H3,(H,24,29). The molecule has 0 unspecified atom stereocenters. The lowest BCUT2D eigenvalue weighted by Crippen LogP contribution is -2.26. The summed E-state index contributed by atoms with van der Waals surface area (Å²) >= 11 is 5.95. The molecule has 4 rings (SSSR count). The van der Waals surface area contributed by atoms with E-state index in [0.29, 0.717) is 17.4 Å². The van der Waals surface area contributed by atoms with Crippen molar-refractivity contribution in [3.8, 4) is 5.69 Å². The molecule has 1 aliphatic heterocycles. The van der Waals surface area contributed by atoms with Crippen molar-refractivity contribution in [2.24, 2.45) is 0 Å². The first-order valence-corrected chi connectivity index (χ1v) is 10.2. The zero-order valence-corrected chi connectivity index (χ0v) is 17.2. The molecule has 2 aromatic carbocycles. The monoisotopic (exact) mass is 409 g/mol. The first kappa shape index (κ1) is 19.6. The van der Waals surface area contributed by atoms with Gasteiger partial charge >= 0.3 is 0 Å². The van der Waals surface area contributed by atoms with Gasteiger partial charge in [0.1, 0.15) is 5.82 Å². The van der Waals surface area contributed by atoms with E-state index in [-0.39, 0.29) is 11.7 Å². The molecule has 1 saturated heterocycles. The molecule has 1 aromatic heterocycles. The molecule has 0 bridgehead atoms. The van der Waals surface area contributed by atoms with Gasteiger partial charge < -0.3 is 5.32 Å². The smallest absolute Gasteiger partial charge is 0.291 e. The fourth-order valence-corrected chi connectivity index (χ4v) is 3.76. The third-order valence-electron chi connectivity index (χ3n) is 5.19. The van der Waals surface area contributed by atoms with Gasteiger partial charge in [0, 0.05) is 18.1 Å². The number of nitrogens with zero attached hydrogens (tertiary/aromatic N) is 4. The second kappa shape index (κ2) is 8.76. The highest BCUT2D eigenvalue weighted by Crippen LogP contribution is 2.17. The van der Waals surface area contributed by atoms with Gasteiger partial charge in [0.05, 0.1) is 5.69 Å². The molecule has 0 radical (unpaired) electrons. The Labute approximate surface area is 175 Å². The summed E-state index contributed by atoms with van der Waals surface area (Å²) in [7, 11) is 0. The summed E-state index contributed by atoms with van der Waals surface area (Å²) in [6.45, 7) is 5.49. The number of halogens is 1. The Morgan fingerprint density at radius 3 is 2.48 bits per heavy atom. The van der Waals surface area contributed by atoms with Gasteiger partial charge in [-0.3, -0.25) is 9.69 Å². The van der Waals surface area contributed by atoms with Crippen LogP contribution in [0.2, 0.25) is 5.02 Å². The number of carbonyl (C=O) groups is 1. The van der Waals surface area contributed by atoms with Crippen molar-refractivity contribution >= 4 is 17.5 Å². The summed E-state index contributed by atoms with van der Waals surface area (Å²) in [5.41, 5.74) is 3.20. The molecule has 1 amide bonds. The van der Waals surface area contributed by atoms with E-state index in [4.69, 9.17) is 11.6 Å². The number of aryl methyl sites for hydroxylation is 1. The molecule has 29 heavy (non-hydrogen) atoms. The highest BCUT2D eigenvalue weighted by atomic mass is 35.5. The maximum atomic E-state index is 12.6. The number of likely N-dealkylation sites (tertiary alicyclic amines) is 1. The van der Waals surface area contributed by atoms with Crippen LogP contribution in [-0.4, -0.2) is 38.7 Å². The summed E-state index contributed by atoms with van der Waals surface area (Å²) in [6, 6.07) is 15.5. The maximum absolute atomic E-state index is 12.6. The highest BCUT2D eigenvalue weighted by Gasteiger charge is 2.17. The minimum atomic E-state index is -0.281. The Kier molecular flexibility index (Phi) is 5.92. The average molecular weight is 410 g/mol. The van der Waals surface area contributed by atoms with Crippen LogP contribution in [0.25, 0.3) is 5.69 Å². The minimum absolute atomic E-state index is 0.162. The molecule has 1 aliphatic rings. The number of hydrogen-bond donors (Lipinski definition) is 1. The van der Waals surface area contributed by atoms with E-state index >= 15 is 0 Å². The Balaban J connectivity index is 1.44. The number of hydrogen-bond acceptors (Lipinski definition) is 4. The van der Waals surface area contributed by atoms with Crippen LogP contribution in [0.1, 0.15) is 40.4 Å². The van der Waals surface area contributed by atoms with Gasteiger partial charge in [-0.2, -0.15) is 0 Å². The molecule has 2 heterocycles. The van der Waals surface area contributed by atoms with Gasteiger partial charge in [-0.1, -0.05) is 35.9 Å². The summed E-state index contributed by atoms with van der Waals surface area (Å²) < 4.78 is 1.65. The zero-order chi connectivity index (χ0) is 20.2. The second-order valence-corrected chi connectivity index (χ2v) is 7.74. The van der Waals surface area contributed by atoms with E-state index in [1.54, 1.807) is 16.8 Å². The third-order valence-corrected chi connectivity index (χ3v) is 5.45. The molecule has 0 atom stereocenters. The molecule has 0 aliphatic carbocycles. The number of amides is 1. The summed E-state index contributed by atoms with van der Waals surface area (Å²) in [6.07, 6.45) is 2.53. The van der Waals surface area contributed by atoms with Gasteiger partial charge in [-0.15, -0.1) is 5.10 Å². The second-order valence-electron chi connectivity index (χ2n) is 7.31. The number of aromatic nitrogens is 3. The van der Waals surface area contributed by atoms with Crippen molar-refractivity contribution in [3.63, 3.8) is 0 Å². The number of benzene rings is 2. The van der Waals surface area contributed by atoms with E-state index in [2.05, 4.69) is 38.5 Å². The predicted molar refractivity (Wildman–Crippen MR) is 113 cm³/mol. The largest absolute Gasteiger partial charge is 0.345 e. The van der Waals surface area contributed by atoms with Gasteiger partial charge in [0.25, 0.3) is 5.91 Å². The molecule has 1 N–H and O–H groups in total. The quantitative estimate of drug-likeness (QED) is 0.673. The topological polar surface area (TPSA) is 63.1 Å². The van der Waals surface area contributed by atoms with Crippen molar-refractivity contribution in [2.45, 2.75) is 32.9 Å². The number of nitrogens with one attached hydrogen (secondary N) is 1. The Hall–Kier alpha value is -2.70. The maximum Gasteiger partial charge on any atom is 0.291 e. The normalized spacial score (nSPS) is 14.3. The Morgan fingerprint density at radius 1 is 1.07 bits per heavy atom. The molecule has 150 valence electrons. The summed E-state index contributed by atoms with van der Waals surface area (Å²) in [5.74, 6) is 0.526. The summed E-state index contributed by atoms with van der Waals surface area (Å²) in [5, 5.41) is 7.98. The van der Waals surface area contributed by atoms with Crippen molar-refractivity contribution < 1.29 is 4.79 Å². The molecule has 0 saturated carbocycles. The van der Waals surface area contributed by atoms with Crippen LogP contribution < -0.4 is 5.32 Å². The van der Waals surface area contributed by atoms with Crippen LogP contribution in [0, 0.1) is 6.92 Å². The van der Waals surface area contributed by atoms with E-state index in [1.165, 1.54) is 18.4 Å². The molecular formula is C22H24ClN5O. The average Bonchev–Trinajstić information content (AvgIpc) is 3.37. The molecular weight excluding hydrogens is 386 g/mol. The lowest BCUT2D eigenvalue weighted by atomic mass is 10.1. The van der Waals surface area contributed by atoms with Crippen LogP contribution in [0.4, 0.5) is 0 Å². The van der Waals surface area contributed by atoms with Crippen LogP contribution >= 0.6 is 11.6 Å². The van der Waals surface area contributed by atoms with E-state index in [9.17, 15) is 4.79 Å². The van der Waals surface area contributed by atoms with E-state index in [1.807, 2.05) is 25.1 Å². The highest BCUT2D eigenvalue weighted by molar-refractivity contribution is 6.30. The van der Waals surface area contributed by atoms with Gasteiger partial charge in [0.15, 0.2) is 0 Å². The number of rotatable bonds is 6. The first-order valence-electron chi connectivity index (χ1n) is 9.87. The van der Waals surface area contributed by atoms with Gasteiger partial charge in [-0.25, -0.2) is 9.67 Å². The van der Waals surface area contributed by atoms with Gasteiger partial charge in [0.2, 0.25) is 5.82 Å². The van der Waals surface area contributed by atoms with Crippen molar-refractivity contribution in [3.05, 3.63) is 76.3 Å². The fraction of sp³-hybridized carbons (Fsp3) is 0.318. The Bertz CT molecular complexity index is 993. The third kappa shape index (κ3) is 4.66. The zero-order valence-electron chi connectivity index (χ0n) is 16.4. The lowest BCUT2D eigenvalue weighted by molar-refractivity contribution is 0.0940. The molecule has 3 aromatic rings. The first-order chi connectivity index (χ1) is 14.1. The molecule has 1 fully saturated rings. The predicted octanol–water partition coefficient (Wildman–Crippen LogP) is 3.75. The lowest BCUT2D eigenvalue weighted by Gasteiger charge is -2.17. The minimum Gasteiger partial charge on any atom is -0.345 e. The summed E-state index contributed by atoms with van der Waals surface area (Å²) in [4.78, 5) is 19.4. The molecule has 7 heteroatoms. The van der Waals surface area contributed by atoms with E-state index < -0.39 is 0 Å². The molecule has 6 nitrogen and oxygen atoms in total. The van der Waals surface area contributed by atoms with Gasteiger partial charge in [-0.05, 0) is 68.2 Å². The molecule has 0 spiro atoms. The van der Waals surface area contributed by atoms with Crippen molar-refractivity contribution in [1.82, 2.24) is 25.0 Å². The fourth-order valence-electron chi connectivity index (χ4n) is 3.63. The van der Waals surface area contributed by atoms with E-state index in [0.717, 1.165) is 30.9 Å². The SMILES string of the molecule is Cc1nc(C(=O)NCc2ccccc2CN2CCCC2)nn1-c1ccc(Cl)cc1. The van der Waals surface area contributed by atoms with Crippen LogP contribution in [0.5, 0.6) is 0 Å². The van der Waals surface area contributed by atoms with Crippen molar-refractivity contribution in [1.29, 1.82) is 0 Å². The number of carbonyl (C=O) groups excluding carboxylic acids is 1. The van der Waals surface area contributed by atoms with Crippen LogP contribution in [0.15, 0.2) is 48.5 Å².